The molecule has 1 atom stereocenters. The Morgan fingerprint density at radius 3 is 2.46 bits per heavy atom. The highest BCUT2D eigenvalue weighted by molar-refractivity contribution is 5.89. The lowest BCUT2D eigenvalue weighted by atomic mass is 9.95. The third kappa shape index (κ3) is 4.45. The van der Waals surface area contributed by atoms with E-state index in [1.54, 1.807) is 12.1 Å². The highest BCUT2D eigenvalue weighted by Gasteiger charge is 2.23. The van der Waals surface area contributed by atoms with E-state index >= 15 is 0 Å². The Labute approximate surface area is 144 Å². The number of hydrogen-bond acceptors (Lipinski definition) is 3. The first-order valence-corrected chi connectivity index (χ1v) is 8.86. The molecule has 0 aromatic heterocycles. The molecule has 0 amide bonds. The van der Waals surface area contributed by atoms with Gasteiger partial charge in [0.2, 0.25) is 0 Å². The third-order valence-corrected chi connectivity index (χ3v) is 4.63. The summed E-state index contributed by atoms with van der Waals surface area (Å²) < 4.78 is 5.39. The van der Waals surface area contributed by atoms with Gasteiger partial charge in [0.1, 0.15) is 0 Å². The van der Waals surface area contributed by atoms with Gasteiger partial charge in [0.15, 0.2) is 0 Å². The van der Waals surface area contributed by atoms with Gasteiger partial charge in [-0.25, -0.2) is 4.79 Å². The van der Waals surface area contributed by atoms with Crippen molar-refractivity contribution in [1.82, 2.24) is 4.90 Å². The molecule has 0 radical (unpaired) electrons. The summed E-state index contributed by atoms with van der Waals surface area (Å²) in [4.78, 5) is 14.5. The average molecular weight is 323 g/mol. The highest BCUT2D eigenvalue weighted by atomic mass is 16.5. The van der Waals surface area contributed by atoms with Crippen molar-refractivity contribution in [3.8, 4) is 0 Å². The molecule has 0 spiro atoms. The lowest BCUT2D eigenvalue weighted by Crippen LogP contribution is -2.34. The SMILES string of the molecule is O=C(OCCCN1CCCC[C@H]1c1ccccc1)c1ccccc1. The molecule has 1 aliphatic rings. The lowest BCUT2D eigenvalue weighted by Gasteiger charge is -2.36. The maximum atomic E-state index is 11.9. The molecule has 1 heterocycles. The first-order valence-electron chi connectivity index (χ1n) is 8.86. The number of hydrogen-bond donors (Lipinski definition) is 0. The van der Waals surface area contributed by atoms with Gasteiger partial charge >= 0.3 is 5.97 Å². The Hall–Kier alpha value is -2.13. The molecule has 1 fully saturated rings. The van der Waals surface area contributed by atoms with Crippen LogP contribution in [0.4, 0.5) is 0 Å². The number of esters is 1. The number of likely N-dealkylation sites (tertiary alicyclic amines) is 1. The number of carbonyl (C=O) groups is 1. The molecule has 0 N–H and O–H groups in total. The molecule has 0 unspecified atom stereocenters. The first kappa shape index (κ1) is 16.7. The second-order valence-corrected chi connectivity index (χ2v) is 6.31. The number of carbonyl (C=O) groups excluding carboxylic acids is 1. The van der Waals surface area contributed by atoms with Crippen LogP contribution in [0.2, 0.25) is 0 Å². The van der Waals surface area contributed by atoms with Gasteiger partial charge in [0.05, 0.1) is 12.2 Å². The fraction of sp³-hybridized carbons (Fsp3) is 0.381. The topological polar surface area (TPSA) is 29.5 Å². The number of nitrogens with zero attached hydrogens (tertiary/aromatic N) is 1. The zero-order chi connectivity index (χ0) is 16.6. The van der Waals surface area contributed by atoms with E-state index in [1.807, 2.05) is 18.2 Å². The summed E-state index contributed by atoms with van der Waals surface area (Å²) in [5, 5.41) is 0. The molecule has 0 aliphatic carbocycles. The highest BCUT2D eigenvalue weighted by Crippen LogP contribution is 2.30. The van der Waals surface area contributed by atoms with E-state index < -0.39 is 0 Å². The molecule has 1 saturated heterocycles. The fourth-order valence-corrected chi connectivity index (χ4v) is 3.40. The van der Waals surface area contributed by atoms with Crippen LogP contribution in [0, 0.1) is 0 Å². The minimum atomic E-state index is -0.228. The second kappa shape index (κ2) is 8.65. The average Bonchev–Trinajstić information content (AvgIpc) is 2.67. The normalized spacial score (nSPS) is 18.2. The van der Waals surface area contributed by atoms with Gasteiger partial charge in [-0.05, 0) is 43.5 Å². The zero-order valence-electron chi connectivity index (χ0n) is 14.1. The van der Waals surface area contributed by atoms with Crippen molar-refractivity contribution in [2.45, 2.75) is 31.7 Å². The number of benzene rings is 2. The Bertz CT molecular complexity index is 627. The Balaban J connectivity index is 1.47. The van der Waals surface area contributed by atoms with Gasteiger partial charge in [-0.3, -0.25) is 4.90 Å². The molecule has 3 nitrogen and oxygen atoms in total. The van der Waals surface area contributed by atoms with Crippen LogP contribution in [0.5, 0.6) is 0 Å². The molecule has 2 aromatic rings. The minimum Gasteiger partial charge on any atom is -0.462 e. The van der Waals surface area contributed by atoms with E-state index in [4.69, 9.17) is 4.74 Å². The molecule has 3 heteroatoms. The minimum absolute atomic E-state index is 0.228. The van der Waals surface area contributed by atoms with E-state index in [0.717, 1.165) is 19.5 Å². The molecule has 24 heavy (non-hydrogen) atoms. The summed E-state index contributed by atoms with van der Waals surface area (Å²) in [6.45, 7) is 2.58. The molecular weight excluding hydrogens is 298 g/mol. The predicted molar refractivity (Wildman–Crippen MR) is 95.9 cm³/mol. The van der Waals surface area contributed by atoms with Crippen molar-refractivity contribution in [3.05, 3.63) is 71.8 Å². The molecule has 2 aromatic carbocycles. The van der Waals surface area contributed by atoms with Crippen LogP contribution in [0.3, 0.4) is 0 Å². The van der Waals surface area contributed by atoms with Crippen LogP contribution in [0.25, 0.3) is 0 Å². The fourth-order valence-electron chi connectivity index (χ4n) is 3.40. The van der Waals surface area contributed by atoms with Gasteiger partial charge in [0, 0.05) is 12.6 Å². The smallest absolute Gasteiger partial charge is 0.338 e. The molecule has 1 aliphatic heterocycles. The van der Waals surface area contributed by atoms with E-state index in [1.165, 1.54) is 24.8 Å². The van der Waals surface area contributed by atoms with Crippen molar-refractivity contribution in [2.24, 2.45) is 0 Å². The Kier molecular flexibility index (Phi) is 6.02. The molecule has 126 valence electrons. The van der Waals surface area contributed by atoms with Crippen LogP contribution >= 0.6 is 0 Å². The molecular formula is C21H25NO2. The van der Waals surface area contributed by atoms with E-state index in [-0.39, 0.29) is 5.97 Å². The number of rotatable bonds is 6. The van der Waals surface area contributed by atoms with Crippen molar-refractivity contribution in [2.75, 3.05) is 19.7 Å². The van der Waals surface area contributed by atoms with E-state index in [2.05, 4.69) is 35.2 Å². The van der Waals surface area contributed by atoms with Gasteiger partial charge in [-0.1, -0.05) is 55.0 Å². The quantitative estimate of drug-likeness (QED) is 0.580. The second-order valence-electron chi connectivity index (χ2n) is 6.31. The zero-order valence-corrected chi connectivity index (χ0v) is 14.1. The largest absolute Gasteiger partial charge is 0.462 e. The maximum Gasteiger partial charge on any atom is 0.338 e. The van der Waals surface area contributed by atoms with Crippen molar-refractivity contribution < 1.29 is 9.53 Å². The summed E-state index contributed by atoms with van der Waals surface area (Å²) >= 11 is 0. The number of ether oxygens (including phenoxy) is 1. The van der Waals surface area contributed by atoms with Crippen molar-refractivity contribution in [3.63, 3.8) is 0 Å². The van der Waals surface area contributed by atoms with Gasteiger partial charge in [0.25, 0.3) is 0 Å². The van der Waals surface area contributed by atoms with E-state index in [0.29, 0.717) is 18.2 Å². The Morgan fingerprint density at radius 1 is 1.00 bits per heavy atom. The molecule has 0 bridgehead atoms. The third-order valence-electron chi connectivity index (χ3n) is 4.63. The van der Waals surface area contributed by atoms with Crippen molar-refractivity contribution in [1.29, 1.82) is 0 Å². The Morgan fingerprint density at radius 2 is 1.71 bits per heavy atom. The summed E-state index contributed by atoms with van der Waals surface area (Å²) in [5.41, 5.74) is 2.02. The number of piperidine rings is 1. The van der Waals surface area contributed by atoms with Gasteiger partial charge in [-0.2, -0.15) is 0 Å². The monoisotopic (exact) mass is 323 g/mol. The van der Waals surface area contributed by atoms with Crippen LogP contribution in [-0.4, -0.2) is 30.6 Å². The van der Waals surface area contributed by atoms with E-state index in [9.17, 15) is 4.79 Å². The van der Waals surface area contributed by atoms with Gasteiger partial charge < -0.3 is 4.74 Å². The van der Waals surface area contributed by atoms with Gasteiger partial charge in [-0.15, -0.1) is 0 Å². The van der Waals surface area contributed by atoms with Crippen LogP contribution < -0.4 is 0 Å². The summed E-state index contributed by atoms with van der Waals surface area (Å²) in [5.74, 6) is -0.228. The standard InChI is InChI=1S/C21H25NO2/c23-21(19-12-5-2-6-13-19)24-17-9-16-22-15-8-7-14-20(22)18-10-3-1-4-11-18/h1-6,10-13,20H,7-9,14-17H2/t20-/m0/s1. The van der Waals surface area contributed by atoms with Crippen LogP contribution in [0.15, 0.2) is 60.7 Å². The summed E-state index contributed by atoms with van der Waals surface area (Å²) in [6.07, 6.45) is 4.64. The van der Waals surface area contributed by atoms with Crippen LogP contribution in [0.1, 0.15) is 47.6 Å². The van der Waals surface area contributed by atoms with Crippen molar-refractivity contribution >= 4 is 5.97 Å². The molecule has 3 rings (SSSR count). The summed E-state index contributed by atoms with van der Waals surface area (Å²) in [7, 11) is 0. The lowest BCUT2D eigenvalue weighted by molar-refractivity contribution is 0.0472. The predicted octanol–water partition coefficient (Wildman–Crippen LogP) is 4.46. The maximum absolute atomic E-state index is 11.9. The molecule has 0 saturated carbocycles. The van der Waals surface area contributed by atoms with Crippen LogP contribution in [-0.2, 0) is 4.74 Å². The summed E-state index contributed by atoms with van der Waals surface area (Å²) in [6, 6.07) is 20.4. The first-order chi connectivity index (χ1) is 11.8.